The Morgan fingerprint density at radius 1 is 1.00 bits per heavy atom. The summed E-state index contributed by atoms with van der Waals surface area (Å²) in [7, 11) is 0. The predicted molar refractivity (Wildman–Crippen MR) is 128 cm³/mol. The zero-order chi connectivity index (χ0) is 24.2. The van der Waals surface area contributed by atoms with Gasteiger partial charge < -0.3 is 20.5 Å². The van der Waals surface area contributed by atoms with Gasteiger partial charge in [-0.1, -0.05) is 55.5 Å². The number of ether oxygens (including phenoxy) is 1. The fraction of sp³-hybridized carbons (Fsp3) is 0.444. The lowest BCUT2D eigenvalue weighted by Gasteiger charge is -2.23. The standard InChI is InChI=1S/C27H32N2O5/c1-16(26(32)29-19-12-11-18(13-19)14-25(30)31)17(2)28-27(33)34-15-24-22-9-5-3-7-20(22)21-8-4-6-10-23(21)24/h3-10,16-19,24H,11-15H2,1-2H3,(H,28,33)(H,29,32)(H,30,31). The molecule has 0 bridgehead atoms. The second kappa shape index (κ2) is 10.3. The first-order valence-corrected chi connectivity index (χ1v) is 12.0. The summed E-state index contributed by atoms with van der Waals surface area (Å²) >= 11 is 0. The first-order chi connectivity index (χ1) is 16.3. The molecule has 0 heterocycles. The molecule has 180 valence electrons. The molecule has 2 amide bonds. The van der Waals surface area contributed by atoms with Crippen molar-refractivity contribution in [3.05, 3.63) is 59.7 Å². The van der Waals surface area contributed by atoms with Crippen molar-refractivity contribution in [1.82, 2.24) is 10.6 Å². The number of alkyl carbamates (subject to hydrolysis) is 1. The van der Waals surface area contributed by atoms with Gasteiger partial charge in [-0.3, -0.25) is 9.59 Å². The lowest BCUT2D eigenvalue weighted by atomic mass is 9.98. The lowest BCUT2D eigenvalue weighted by Crippen LogP contribution is -2.46. The summed E-state index contributed by atoms with van der Waals surface area (Å²) in [5.41, 5.74) is 4.64. The molecule has 2 aromatic rings. The Kier molecular flexibility index (Phi) is 7.20. The maximum atomic E-state index is 12.7. The lowest BCUT2D eigenvalue weighted by molar-refractivity contribution is -0.138. The van der Waals surface area contributed by atoms with E-state index >= 15 is 0 Å². The Morgan fingerprint density at radius 3 is 2.24 bits per heavy atom. The van der Waals surface area contributed by atoms with Crippen molar-refractivity contribution in [3.8, 4) is 11.1 Å². The van der Waals surface area contributed by atoms with Crippen molar-refractivity contribution in [2.24, 2.45) is 11.8 Å². The molecule has 2 aliphatic carbocycles. The van der Waals surface area contributed by atoms with E-state index in [0.717, 1.165) is 24.0 Å². The maximum Gasteiger partial charge on any atom is 0.407 e. The molecule has 7 heteroatoms. The van der Waals surface area contributed by atoms with Gasteiger partial charge in [-0.05, 0) is 54.4 Å². The highest BCUT2D eigenvalue weighted by Crippen LogP contribution is 2.44. The second-order valence-electron chi connectivity index (χ2n) is 9.53. The van der Waals surface area contributed by atoms with E-state index in [2.05, 4.69) is 34.9 Å². The van der Waals surface area contributed by atoms with Crippen molar-refractivity contribution >= 4 is 18.0 Å². The molecular weight excluding hydrogens is 432 g/mol. The van der Waals surface area contributed by atoms with Gasteiger partial charge in [0, 0.05) is 24.4 Å². The number of aliphatic carboxylic acids is 1. The molecule has 7 nitrogen and oxygen atoms in total. The molecule has 0 saturated heterocycles. The Balaban J connectivity index is 1.27. The number of carboxylic acids is 1. The Bertz CT molecular complexity index is 1020. The van der Waals surface area contributed by atoms with Crippen LogP contribution in [0.15, 0.2) is 48.5 Å². The minimum atomic E-state index is -0.800. The minimum Gasteiger partial charge on any atom is -0.481 e. The molecule has 4 atom stereocenters. The van der Waals surface area contributed by atoms with E-state index < -0.39 is 24.0 Å². The summed E-state index contributed by atoms with van der Waals surface area (Å²) in [6, 6.07) is 15.9. The van der Waals surface area contributed by atoms with Crippen LogP contribution < -0.4 is 10.6 Å². The number of rotatable bonds is 8. The first-order valence-electron chi connectivity index (χ1n) is 12.0. The number of fused-ring (bicyclic) bond motifs is 3. The molecule has 4 rings (SSSR count). The van der Waals surface area contributed by atoms with Crippen LogP contribution in [0.25, 0.3) is 11.1 Å². The van der Waals surface area contributed by atoms with Crippen LogP contribution in [0.4, 0.5) is 4.79 Å². The van der Waals surface area contributed by atoms with Gasteiger partial charge in [0.05, 0.1) is 5.92 Å². The van der Waals surface area contributed by atoms with E-state index in [1.165, 1.54) is 11.1 Å². The van der Waals surface area contributed by atoms with Crippen molar-refractivity contribution in [2.75, 3.05) is 6.61 Å². The van der Waals surface area contributed by atoms with Crippen molar-refractivity contribution in [1.29, 1.82) is 0 Å². The van der Waals surface area contributed by atoms with E-state index in [1.807, 2.05) is 24.3 Å². The average molecular weight is 465 g/mol. The van der Waals surface area contributed by atoms with E-state index in [9.17, 15) is 14.4 Å². The molecule has 3 N–H and O–H groups in total. The van der Waals surface area contributed by atoms with E-state index in [-0.39, 0.29) is 36.8 Å². The summed E-state index contributed by atoms with van der Waals surface area (Å²) in [4.78, 5) is 36.1. The van der Waals surface area contributed by atoms with Crippen LogP contribution in [0.2, 0.25) is 0 Å². The number of nitrogens with one attached hydrogen (secondary N) is 2. The van der Waals surface area contributed by atoms with Crippen molar-refractivity contribution in [2.45, 2.75) is 57.5 Å². The molecule has 34 heavy (non-hydrogen) atoms. The highest BCUT2D eigenvalue weighted by Gasteiger charge is 2.31. The fourth-order valence-electron chi connectivity index (χ4n) is 5.15. The van der Waals surface area contributed by atoms with E-state index in [4.69, 9.17) is 9.84 Å². The molecule has 0 aromatic heterocycles. The van der Waals surface area contributed by atoms with Gasteiger partial charge in [0.1, 0.15) is 6.61 Å². The zero-order valence-corrected chi connectivity index (χ0v) is 19.6. The maximum absolute atomic E-state index is 12.7. The van der Waals surface area contributed by atoms with Gasteiger partial charge >= 0.3 is 12.1 Å². The first kappa shape index (κ1) is 23.8. The van der Waals surface area contributed by atoms with Crippen LogP contribution in [0.5, 0.6) is 0 Å². The van der Waals surface area contributed by atoms with Crippen LogP contribution >= 0.6 is 0 Å². The van der Waals surface area contributed by atoms with Gasteiger partial charge in [0.15, 0.2) is 0 Å². The number of benzene rings is 2. The quantitative estimate of drug-likeness (QED) is 0.540. The van der Waals surface area contributed by atoms with Crippen LogP contribution in [-0.4, -0.2) is 41.8 Å². The Labute approximate surface area is 199 Å². The molecular formula is C27H32N2O5. The van der Waals surface area contributed by atoms with Gasteiger partial charge in [-0.15, -0.1) is 0 Å². The third-order valence-corrected chi connectivity index (χ3v) is 7.20. The van der Waals surface area contributed by atoms with Gasteiger partial charge in [-0.25, -0.2) is 4.79 Å². The number of hydrogen-bond donors (Lipinski definition) is 3. The summed E-state index contributed by atoms with van der Waals surface area (Å²) in [5.74, 6) is -1.30. The minimum absolute atomic E-state index is 0.0130. The van der Waals surface area contributed by atoms with Crippen LogP contribution in [0.1, 0.15) is 56.6 Å². The molecule has 0 radical (unpaired) electrons. The summed E-state index contributed by atoms with van der Waals surface area (Å²) in [5, 5.41) is 14.8. The monoisotopic (exact) mass is 464 g/mol. The Morgan fingerprint density at radius 2 is 1.62 bits per heavy atom. The third kappa shape index (κ3) is 5.24. The number of hydrogen-bond acceptors (Lipinski definition) is 4. The number of carbonyl (C=O) groups is 3. The molecule has 4 unspecified atom stereocenters. The highest BCUT2D eigenvalue weighted by atomic mass is 16.5. The smallest absolute Gasteiger partial charge is 0.407 e. The van der Waals surface area contributed by atoms with Crippen LogP contribution in [0, 0.1) is 11.8 Å². The number of carbonyl (C=O) groups excluding carboxylic acids is 2. The zero-order valence-electron chi connectivity index (χ0n) is 19.6. The van der Waals surface area contributed by atoms with E-state index in [0.29, 0.717) is 6.42 Å². The van der Waals surface area contributed by atoms with Gasteiger partial charge in [-0.2, -0.15) is 0 Å². The van der Waals surface area contributed by atoms with Crippen LogP contribution in [-0.2, 0) is 14.3 Å². The molecule has 1 fully saturated rings. The highest BCUT2D eigenvalue weighted by molar-refractivity contribution is 5.81. The van der Waals surface area contributed by atoms with Crippen LogP contribution in [0.3, 0.4) is 0 Å². The van der Waals surface area contributed by atoms with Crippen molar-refractivity contribution < 1.29 is 24.2 Å². The summed E-state index contributed by atoms with van der Waals surface area (Å²) in [6.45, 7) is 3.78. The summed E-state index contributed by atoms with van der Waals surface area (Å²) < 4.78 is 5.59. The molecule has 2 aliphatic rings. The SMILES string of the molecule is CC(NC(=O)OCC1c2ccccc2-c2ccccc21)C(C)C(=O)NC1CCC(CC(=O)O)C1. The number of carboxylic acid groups (broad SMARTS) is 1. The van der Waals surface area contributed by atoms with Crippen molar-refractivity contribution in [3.63, 3.8) is 0 Å². The molecule has 1 saturated carbocycles. The predicted octanol–water partition coefficient (Wildman–Crippen LogP) is 4.31. The van der Waals surface area contributed by atoms with Gasteiger partial charge in [0.2, 0.25) is 5.91 Å². The average Bonchev–Trinajstić information content (AvgIpc) is 3.38. The second-order valence-corrected chi connectivity index (χ2v) is 9.53. The molecule has 0 aliphatic heterocycles. The van der Waals surface area contributed by atoms with Gasteiger partial charge in [0.25, 0.3) is 0 Å². The topological polar surface area (TPSA) is 105 Å². The molecule has 2 aromatic carbocycles. The largest absolute Gasteiger partial charge is 0.481 e. The third-order valence-electron chi connectivity index (χ3n) is 7.20. The normalized spacial score (nSPS) is 20.6. The van der Waals surface area contributed by atoms with E-state index in [1.54, 1.807) is 13.8 Å². The Hall–Kier alpha value is -3.35. The fourth-order valence-corrected chi connectivity index (χ4v) is 5.15. The number of amides is 2. The summed E-state index contributed by atoms with van der Waals surface area (Å²) in [6.07, 6.45) is 1.86. The molecule has 0 spiro atoms.